The van der Waals surface area contributed by atoms with Crippen LogP contribution in [0, 0.1) is 6.92 Å². The third kappa shape index (κ3) is 4.22. The number of aryl methyl sites for hydroxylation is 2. The molecular weight excluding hydrogens is 372 g/mol. The standard InChI is InChI=1S/C21H26N4O4/c1-13-20-18(11-24(14(2)26)12-19(20)27)25(23-13)16-7-8-17(21(22)28)15(10-16)6-4-5-9-29-3/h7-8,10H,4-6,9,11-12H2,1-3H3,(H2,22,28). The Morgan fingerprint density at radius 2 is 2.00 bits per heavy atom. The van der Waals surface area contributed by atoms with Gasteiger partial charge in [0.2, 0.25) is 11.8 Å². The first-order valence-corrected chi connectivity index (χ1v) is 9.62. The second-order valence-corrected chi connectivity index (χ2v) is 7.27. The summed E-state index contributed by atoms with van der Waals surface area (Å²) in [4.78, 5) is 37.7. The van der Waals surface area contributed by atoms with Crippen molar-refractivity contribution in [2.24, 2.45) is 5.73 Å². The first-order valence-electron chi connectivity index (χ1n) is 9.62. The van der Waals surface area contributed by atoms with Crippen LogP contribution in [0.25, 0.3) is 5.69 Å². The van der Waals surface area contributed by atoms with Crippen LogP contribution in [0.4, 0.5) is 0 Å². The molecule has 0 aliphatic carbocycles. The Kier molecular flexibility index (Phi) is 6.12. The molecule has 3 rings (SSSR count). The van der Waals surface area contributed by atoms with Gasteiger partial charge in [-0.15, -0.1) is 0 Å². The smallest absolute Gasteiger partial charge is 0.248 e. The lowest BCUT2D eigenvalue weighted by Crippen LogP contribution is -2.38. The maximum Gasteiger partial charge on any atom is 0.248 e. The third-order valence-electron chi connectivity index (χ3n) is 5.20. The number of unbranched alkanes of at least 4 members (excludes halogenated alkanes) is 1. The molecule has 2 N–H and O–H groups in total. The lowest BCUT2D eigenvalue weighted by molar-refractivity contribution is -0.129. The van der Waals surface area contributed by atoms with Crippen LogP contribution in [0.15, 0.2) is 18.2 Å². The number of methoxy groups -OCH3 is 1. The number of hydrogen-bond acceptors (Lipinski definition) is 5. The number of amides is 2. The molecule has 0 bridgehead atoms. The predicted molar refractivity (Wildman–Crippen MR) is 107 cm³/mol. The third-order valence-corrected chi connectivity index (χ3v) is 5.20. The van der Waals surface area contributed by atoms with E-state index in [4.69, 9.17) is 10.5 Å². The van der Waals surface area contributed by atoms with Crippen LogP contribution in [0.5, 0.6) is 0 Å². The topological polar surface area (TPSA) is 108 Å². The normalized spacial score (nSPS) is 13.5. The number of ketones is 1. The van der Waals surface area contributed by atoms with Gasteiger partial charge in [-0.25, -0.2) is 4.68 Å². The molecule has 0 unspecified atom stereocenters. The number of aromatic nitrogens is 2. The number of rotatable bonds is 7. The first-order chi connectivity index (χ1) is 13.8. The Morgan fingerprint density at radius 3 is 2.66 bits per heavy atom. The van der Waals surface area contributed by atoms with Gasteiger partial charge in [0.05, 0.1) is 35.7 Å². The number of benzene rings is 1. The number of carbonyl (C=O) groups is 3. The minimum absolute atomic E-state index is 0.0697. The van der Waals surface area contributed by atoms with E-state index < -0.39 is 5.91 Å². The Morgan fingerprint density at radius 1 is 1.24 bits per heavy atom. The molecule has 8 heteroatoms. The lowest BCUT2D eigenvalue weighted by atomic mass is 10.00. The van der Waals surface area contributed by atoms with Crippen LogP contribution in [-0.2, 0) is 22.5 Å². The molecule has 2 aromatic rings. The van der Waals surface area contributed by atoms with Gasteiger partial charge in [-0.1, -0.05) is 0 Å². The van der Waals surface area contributed by atoms with E-state index in [1.165, 1.54) is 11.8 Å². The molecule has 0 radical (unpaired) electrons. The summed E-state index contributed by atoms with van der Waals surface area (Å²) in [7, 11) is 1.66. The zero-order valence-electron chi connectivity index (χ0n) is 17.0. The molecule has 0 atom stereocenters. The molecule has 0 fully saturated rings. The number of nitrogens with two attached hydrogens (primary N) is 1. The molecule has 1 aliphatic heterocycles. The molecule has 0 saturated carbocycles. The van der Waals surface area contributed by atoms with Crippen molar-refractivity contribution in [1.82, 2.24) is 14.7 Å². The highest BCUT2D eigenvalue weighted by molar-refractivity contribution is 6.02. The van der Waals surface area contributed by atoms with Crippen LogP contribution < -0.4 is 5.73 Å². The van der Waals surface area contributed by atoms with E-state index in [2.05, 4.69) is 5.10 Å². The molecule has 29 heavy (non-hydrogen) atoms. The van der Waals surface area contributed by atoms with E-state index in [1.54, 1.807) is 30.8 Å². The van der Waals surface area contributed by atoms with Crippen molar-refractivity contribution in [3.05, 3.63) is 46.3 Å². The Bertz CT molecular complexity index is 964. The molecule has 0 saturated heterocycles. The van der Waals surface area contributed by atoms with Crippen LogP contribution in [-0.4, -0.2) is 52.5 Å². The van der Waals surface area contributed by atoms with Crippen LogP contribution in [0.2, 0.25) is 0 Å². The minimum atomic E-state index is -0.477. The van der Waals surface area contributed by atoms with Crippen molar-refractivity contribution >= 4 is 17.6 Å². The Balaban J connectivity index is 2.01. The van der Waals surface area contributed by atoms with E-state index in [-0.39, 0.29) is 18.2 Å². The first kappa shape index (κ1) is 20.7. The van der Waals surface area contributed by atoms with Gasteiger partial charge >= 0.3 is 0 Å². The fourth-order valence-corrected chi connectivity index (χ4v) is 3.73. The molecule has 1 aliphatic rings. The number of hydrogen-bond donors (Lipinski definition) is 1. The van der Waals surface area contributed by atoms with E-state index >= 15 is 0 Å². The monoisotopic (exact) mass is 398 g/mol. The van der Waals surface area contributed by atoms with Crippen molar-refractivity contribution < 1.29 is 19.1 Å². The van der Waals surface area contributed by atoms with E-state index in [9.17, 15) is 14.4 Å². The SMILES string of the molecule is COCCCCc1cc(-n2nc(C)c3c2CN(C(C)=O)CC3=O)ccc1C(N)=O. The average Bonchev–Trinajstić information content (AvgIpc) is 3.02. The molecule has 1 aromatic carbocycles. The summed E-state index contributed by atoms with van der Waals surface area (Å²) in [5.74, 6) is -0.744. The highest BCUT2D eigenvalue weighted by atomic mass is 16.5. The maximum absolute atomic E-state index is 12.6. The van der Waals surface area contributed by atoms with Crippen molar-refractivity contribution in [1.29, 1.82) is 0 Å². The second-order valence-electron chi connectivity index (χ2n) is 7.27. The number of carbonyl (C=O) groups excluding carboxylic acids is 3. The van der Waals surface area contributed by atoms with Gasteiger partial charge in [-0.2, -0.15) is 5.10 Å². The largest absolute Gasteiger partial charge is 0.385 e. The predicted octanol–water partition coefficient (Wildman–Crippen LogP) is 1.79. The summed E-state index contributed by atoms with van der Waals surface area (Å²) in [6.45, 7) is 4.28. The lowest BCUT2D eigenvalue weighted by Gasteiger charge is -2.26. The van der Waals surface area contributed by atoms with E-state index in [0.29, 0.717) is 42.1 Å². The van der Waals surface area contributed by atoms with Gasteiger partial charge in [0, 0.05) is 26.2 Å². The number of fused-ring (bicyclic) bond motifs is 1. The highest BCUT2D eigenvalue weighted by Gasteiger charge is 2.31. The van der Waals surface area contributed by atoms with E-state index in [1.807, 2.05) is 6.07 Å². The van der Waals surface area contributed by atoms with Gasteiger partial charge in [0.15, 0.2) is 5.78 Å². The molecule has 0 spiro atoms. The van der Waals surface area contributed by atoms with E-state index in [0.717, 1.165) is 24.1 Å². The van der Waals surface area contributed by atoms with Gasteiger partial charge < -0.3 is 15.4 Å². The van der Waals surface area contributed by atoms with Crippen LogP contribution in [0.3, 0.4) is 0 Å². The van der Waals surface area contributed by atoms with Gasteiger partial charge in [0.1, 0.15) is 0 Å². The molecule has 154 valence electrons. The summed E-state index contributed by atoms with van der Waals surface area (Å²) < 4.78 is 6.78. The summed E-state index contributed by atoms with van der Waals surface area (Å²) in [5.41, 5.74) is 9.48. The average molecular weight is 398 g/mol. The van der Waals surface area contributed by atoms with Gasteiger partial charge in [0.25, 0.3) is 0 Å². The molecule has 2 heterocycles. The van der Waals surface area contributed by atoms with Crippen LogP contribution in [0.1, 0.15) is 57.4 Å². The molecule has 1 aromatic heterocycles. The Hall–Kier alpha value is -3.00. The number of primary amides is 1. The second kappa shape index (κ2) is 8.57. The van der Waals surface area contributed by atoms with Gasteiger partial charge in [-0.05, 0) is 49.9 Å². The summed E-state index contributed by atoms with van der Waals surface area (Å²) >= 11 is 0. The summed E-state index contributed by atoms with van der Waals surface area (Å²) in [6, 6.07) is 5.35. The van der Waals surface area contributed by atoms with Gasteiger partial charge in [-0.3, -0.25) is 14.4 Å². The molecule has 2 amide bonds. The molecular formula is C21H26N4O4. The van der Waals surface area contributed by atoms with Crippen molar-refractivity contribution in [2.75, 3.05) is 20.3 Å². The number of nitrogens with zero attached hydrogens (tertiary/aromatic N) is 3. The zero-order chi connectivity index (χ0) is 21.1. The summed E-state index contributed by atoms with van der Waals surface area (Å²) in [6.07, 6.45) is 2.40. The highest BCUT2D eigenvalue weighted by Crippen LogP contribution is 2.26. The quantitative estimate of drug-likeness (QED) is 0.716. The maximum atomic E-state index is 12.6. The molecule has 8 nitrogen and oxygen atoms in total. The van der Waals surface area contributed by atoms with Crippen molar-refractivity contribution in [3.63, 3.8) is 0 Å². The number of ether oxygens (including phenoxy) is 1. The van der Waals surface area contributed by atoms with Crippen molar-refractivity contribution in [3.8, 4) is 5.69 Å². The fourth-order valence-electron chi connectivity index (χ4n) is 3.73. The van der Waals surface area contributed by atoms with Crippen LogP contribution >= 0.6 is 0 Å². The van der Waals surface area contributed by atoms with Crippen molar-refractivity contribution in [2.45, 2.75) is 39.7 Å². The zero-order valence-corrected chi connectivity index (χ0v) is 17.0. The minimum Gasteiger partial charge on any atom is -0.385 e. The number of Topliss-reactive ketones (excluding diaryl/α,β-unsaturated/α-hetero) is 1. The Labute approximate surface area is 169 Å². The fraction of sp³-hybridized carbons (Fsp3) is 0.429. The summed E-state index contributed by atoms with van der Waals surface area (Å²) in [5, 5.41) is 4.55.